The standard InChI is InChI=1S/C13H15FO2/c1-9-6-10(8-11(14)7-9)12(15)13(16-2)4-3-5-13/h6-8H,3-5H2,1-2H3. The molecule has 0 atom stereocenters. The molecule has 0 aliphatic heterocycles. The first kappa shape index (κ1) is 11.3. The van der Waals surface area contributed by atoms with Crippen molar-refractivity contribution in [2.75, 3.05) is 7.11 Å². The van der Waals surface area contributed by atoms with Crippen molar-refractivity contribution in [2.45, 2.75) is 31.8 Å². The number of hydrogen-bond acceptors (Lipinski definition) is 2. The third kappa shape index (κ3) is 1.76. The molecule has 0 saturated heterocycles. The summed E-state index contributed by atoms with van der Waals surface area (Å²) < 4.78 is 18.5. The largest absolute Gasteiger partial charge is 0.370 e. The fourth-order valence-electron chi connectivity index (χ4n) is 2.15. The van der Waals surface area contributed by atoms with Crippen molar-refractivity contribution in [3.8, 4) is 0 Å². The Morgan fingerprint density at radius 2 is 2.06 bits per heavy atom. The van der Waals surface area contributed by atoms with E-state index >= 15 is 0 Å². The number of aryl methyl sites for hydroxylation is 1. The number of hydrogen-bond donors (Lipinski definition) is 0. The molecular formula is C13H15FO2. The Labute approximate surface area is 94.4 Å². The van der Waals surface area contributed by atoms with Gasteiger partial charge in [0.1, 0.15) is 11.4 Å². The Hall–Kier alpha value is -1.22. The van der Waals surface area contributed by atoms with Gasteiger partial charge in [0.15, 0.2) is 5.78 Å². The first-order valence-corrected chi connectivity index (χ1v) is 5.44. The minimum absolute atomic E-state index is 0.0937. The fourth-order valence-corrected chi connectivity index (χ4v) is 2.15. The average molecular weight is 222 g/mol. The lowest BCUT2D eigenvalue weighted by Crippen LogP contribution is -2.47. The molecule has 2 nitrogen and oxygen atoms in total. The first-order valence-electron chi connectivity index (χ1n) is 5.44. The lowest BCUT2D eigenvalue weighted by Gasteiger charge is -2.38. The van der Waals surface area contributed by atoms with Gasteiger partial charge >= 0.3 is 0 Å². The molecule has 0 radical (unpaired) electrons. The third-order valence-corrected chi connectivity index (χ3v) is 3.27. The molecule has 1 aliphatic carbocycles. The molecule has 1 aliphatic rings. The van der Waals surface area contributed by atoms with Crippen LogP contribution in [0.4, 0.5) is 4.39 Å². The molecule has 0 aromatic heterocycles. The number of methoxy groups -OCH3 is 1. The van der Waals surface area contributed by atoms with Crippen molar-refractivity contribution in [3.05, 3.63) is 35.1 Å². The molecule has 1 aromatic carbocycles. The zero-order chi connectivity index (χ0) is 11.8. The van der Waals surface area contributed by atoms with E-state index in [1.165, 1.54) is 12.1 Å². The van der Waals surface area contributed by atoms with Gasteiger partial charge in [-0.1, -0.05) is 0 Å². The molecule has 0 N–H and O–H groups in total. The summed E-state index contributed by atoms with van der Waals surface area (Å²) in [6, 6.07) is 4.41. The predicted octanol–water partition coefficient (Wildman–Crippen LogP) is 2.89. The highest BCUT2D eigenvalue weighted by molar-refractivity contribution is 6.03. The van der Waals surface area contributed by atoms with Crippen LogP contribution in [0.15, 0.2) is 18.2 Å². The highest BCUT2D eigenvalue weighted by atomic mass is 19.1. The molecule has 0 unspecified atom stereocenters. The van der Waals surface area contributed by atoms with Crippen molar-refractivity contribution in [2.24, 2.45) is 0 Å². The van der Waals surface area contributed by atoms with E-state index < -0.39 is 5.60 Å². The predicted molar refractivity (Wildman–Crippen MR) is 59.1 cm³/mol. The van der Waals surface area contributed by atoms with Crippen LogP contribution in [0.2, 0.25) is 0 Å². The average Bonchev–Trinajstić information content (AvgIpc) is 2.15. The second kappa shape index (κ2) is 3.98. The number of ether oxygens (including phenoxy) is 1. The SMILES string of the molecule is COC1(C(=O)c2cc(C)cc(F)c2)CCC1. The lowest BCUT2D eigenvalue weighted by atomic mass is 9.74. The molecular weight excluding hydrogens is 207 g/mol. The summed E-state index contributed by atoms with van der Waals surface area (Å²) in [5.74, 6) is -0.460. The Balaban J connectivity index is 2.33. The van der Waals surface area contributed by atoms with E-state index in [1.807, 2.05) is 0 Å². The van der Waals surface area contributed by atoms with Gasteiger partial charge in [0, 0.05) is 12.7 Å². The van der Waals surface area contributed by atoms with Crippen molar-refractivity contribution >= 4 is 5.78 Å². The van der Waals surface area contributed by atoms with Crippen LogP contribution in [0.1, 0.15) is 35.2 Å². The van der Waals surface area contributed by atoms with Crippen molar-refractivity contribution < 1.29 is 13.9 Å². The smallest absolute Gasteiger partial charge is 0.194 e. The molecule has 0 amide bonds. The number of rotatable bonds is 3. The summed E-state index contributed by atoms with van der Waals surface area (Å²) in [5.41, 5.74) is 0.480. The van der Waals surface area contributed by atoms with Gasteiger partial charge in [-0.3, -0.25) is 4.79 Å². The maximum atomic E-state index is 13.2. The summed E-state index contributed by atoms with van der Waals surface area (Å²) in [7, 11) is 1.54. The minimum atomic E-state index is -0.694. The maximum absolute atomic E-state index is 13.2. The number of carbonyl (C=O) groups is 1. The zero-order valence-corrected chi connectivity index (χ0v) is 9.55. The zero-order valence-electron chi connectivity index (χ0n) is 9.55. The summed E-state index contributed by atoms with van der Waals surface area (Å²) >= 11 is 0. The Bertz CT molecular complexity index is 396. The highest BCUT2D eigenvalue weighted by Gasteiger charge is 2.44. The normalized spacial score (nSPS) is 17.9. The van der Waals surface area contributed by atoms with Crippen LogP contribution in [-0.4, -0.2) is 18.5 Å². The van der Waals surface area contributed by atoms with E-state index in [-0.39, 0.29) is 11.6 Å². The molecule has 1 saturated carbocycles. The Morgan fingerprint density at radius 1 is 1.38 bits per heavy atom. The van der Waals surface area contributed by atoms with Gasteiger partial charge in [-0.05, 0) is 49.9 Å². The van der Waals surface area contributed by atoms with E-state index in [1.54, 1.807) is 20.1 Å². The number of ketones is 1. The molecule has 0 spiro atoms. The molecule has 16 heavy (non-hydrogen) atoms. The quantitative estimate of drug-likeness (QED) is 0.735. The van der Waals surface area contributed by atoms with Crippen LogP contribution in [-0.2, 0) is 4.74 Å². The van der Waals surface area contributed by atoms with Crippen LogP contribution in [0, 0.1) is 12.7 Å². The molecule has 0 heterocycles. The molecule has 1 aromatic rings. The Morgan fingerprint density at radius 3 is 2.50 bits per heavy atom. The van der Waals surface area contributed by atoms with Crippen molar-refractivity contribution in [3.63, 3.8) is 0 Å². The maximum Gasteiger partial charge on any atom is 0.194 e. The first-order chi connectivity index (χ1) is 7.57. The van der Waals surface area contributed by atoms with Crippen LogP contribution in [0.3, 0.4) is 0 Å². The summed E-state index contributed by atoms with van der Waals surface area (Å²) in [6.45, 7) is 1.78. The minimum Gasteiger partial charge on any atom is -0.370 e. The van der Waals surface area contributed by atoms with Gasteiger partial charge in [0.25, 0.3) is 0 Å². The van der Waals surface area contributed by atoms with Crippen molar-refractivity contribution in [1.82, 2.24) is 0 Å². The molecule has 3 heteroatoms. The number of Topliss-reactive ketones (excluding diaryl/α,β-unsaturated/α-hetero) is 1. The summed E-state index contributed by atoms with van der Waals surface area (Å²) in [6.07, 6.45) is 2.46. The van der Waals surface area contributed by atoms with Gasteiger partial charge in [-0.15, -0.1) is 0 Å². The highest BCUT2D eigenvalue weighted by Crippen LogP contribution is 2.38. The van der Waals surface area contributed by atoms with Gasteiger partial charge in [0.2, 0.25) is 0 Å². The van der Waals surface area contributed by atoms with Crippen LogP contribution in [0.25, 0.3) is 0 Å². The number of carbonyl (C=O) groups excluding carboxylic acids is 1. The molecule has 1 fully saturated rings. The monoisotopic (exact) mass is 222 g/mol. The summed E-state index contributed by atoms with van der Waals surface area (Å²) in [4.78, 5) is 12.2. The molecule has 2 rings (SSSR count). The van der Waals surface area contributed by atoms with Gasteiger partial charge in [-0.2, -0.15) is 0 Å². The van der Waals surface area contributed by atoms with E-state index in [0.29, 0.717) is 5.56 Å². The van der Waals surface area contributed by atoms with Gasteiger partial charge in [0.05, 0.1) is 0 Å². The second-order valence-electron chi connectivity index (χ2n) is 4.40. The van der Waals surface area contributed by atoms with Crippen LogP contribution < -0.4 is 0 Å². The summed E-state index contributed by atoms with van der Waals surface area (Å²) in [5, 5.41) is 0. The van der Waals surface area contributed by atoms with Crippen molar-refractivity contribution in [1.29, 1.82) is 0 Å². The number of benzene rings is 1. The van der Waals surface area contributed by atoms with E-state index in [2.05, 4.69) is 0 Å². The molecule has 0 bridgehead atoms. The number of halogens is 1. The molecule has 86 valence electrons. The van der Waals surface area contributed by atoms with Gasteiger partial charge < -0.3 is 4.74 Å². The second-order valence-corrected chi connectivity index (χ2v) is 4.40. The lowest BCUT2D eigenvalue weighted by molar-refractivity contribution is -0.0448. The van der Waals surface area contributed by atoms with Gasteiger partial charge in [-0.25, -0.2) is 4.39 Å². The van der Waals surface area contributed by atoms with E-state index in [0.717, 1.165) is 24.8 Å². The topological polar surface area (TPSA) is 26.3 Å². The fraction of sp³-hybridized carbons (Fsp3) is 0.462. The third-order valence-electron chi connectivity index (χ3n) is 3.27. The van der Waals surface area contributed by atoms with E-state index in [4.69, 9.17) is 4.74 Å². The Kier molecular flexibility index (Phi) is 2.80. The van der Waals surface area contributed by atoms with Crippen LogP contribution in [0.5, 0.6) is 0 Å². The van der Waals surface area contributed by atoms with Crippen LogP contribution >= 0.6 is 0 Å². The van der Waals surface area contributed by atoms with E-state index in [9.17, 15) is 9.18 Å².